The molecule has 0 amide bonds. The predicted molar refractivity (Wildman–Crippen MR) is 110 cm³/mol. The Morgan fingerprint density at radius 2 is 1.90 bits per heavy atom. The lowest BCUT2D eigenvalue weighted by Gasteiger charge is -2.15. The Labute approximate surface area is 180 Å². The van der Waals surface area contributed by atoms with E-state index in [-0.39, 0.29) is 30.9 Å². The molecule has 0 spiro atoms. The largest absolute Gasteiger partial charge is 0.456 e. The number of pyridine rings is 1. The molecule has 31 heavy (non-hydrogen) atoms. The van der Waals surface area contributed by atoms with E-state index in [9.17, 15) is 5.11 Å². The molecule has 2 fully saturated rings. The zero-order chi connectivity index (χ0) is 20.9. The molecule has 2 N–H and O–H groups in total. The highest BCUT2D eigenvalue weighted by molar-refractivity contribution is 6.33. The number of aliphatic hydroxyl groups excluding tert-OH is 1. The van der Waals surface area contributed by atoms with Crippen LogP contribution in [0.1, 0.15) is 0 Å². The molecular weight excluding hydrogens is 424 g/mol. The molecule has 6 rings (SSSR count). The number of imidazole rings is 1. The predicted octanol–water partition coefficient (Wildman–Crippen LogP) is 2.84. The summed E-state index contributed by atoms with van der Waals surface area (Å²) in [4.78, 5) is 12.0. The van der Waals surface area contributed by atoms with E-state index >= 15 is 0 Å². The zero-order valence-corrected chi connectivity index (χ0v) is 16.8. The van der Waals surface area contributed by atoms with Crippen LogP contribution in [0, 0.1) is 0 Å². The van der Waals surface area contributed by atoms with Crippen molar-refractivity contribution in [3.63, 3.8) is 0 Å². The SMILES string of the molecule is O[C@@H]1CO[C@H]2[C@@H]1OC[C@H]2Oc1nc2nc(-c3cc(-c4ccccc4)no3)c(Cl)cc2[nH]1. The first-order valence-corrected chi connectivity index (χ1v) is 10.2. The molecule has 4 aromatic rings. The van der Waals surface area contributed by atoms with Crippen molar-refractivity contribution in [3.8, 4) is 28.7 Å². The van der Waals surface area contributed by atoms with Crippen molar-refractivity contribution >= 4 is 22.8 Å². The smallest absolute Gasteiger partial charge is 0.296 e. The lowest BCUT2D eigenvalue weighted by molar-refractivity contribution is 0.00706. The molecule has 158 valence electrons. The summed E-state index contributed by atoms with van der Waals surface area (Å²) in [6, 6.07) is 13.5. The van der Waals surface area contributed by atoms with E-state index in [1.54, 1.807) is 12.1 Å². The fourth-order valence-electron chi connectivity index (χ4n) is 3.94. The number of hydrogen-bond donors (Lipinski definition) is 2. The molecule has 2 aliphatic heterocycles. The number of benzene rings is 1. The number of aliphatic hydroxyl groups is 1. The summed E-state index contributed by atoms with van der Waals surface area (Å²) in [7, 11) is 0. The van der Waals surface area contributed by atoms with Gasteiger partial charge >= 0.3 is 0 Å². The Bertz CT molecular complexity index is 1240. The standard InChI is InChI=1S/C21H17ClN4O5/c22-11-6-13-20(24-17(11)15-7-12(26-31-15)10-4-2-1-3-5-10)25-21(23-13)30-16-9-29-18-14(27)8-28-19(16)18/h1-7,14,16,18-19,27H,8-9H2,(H,23,24,25)/t14-,16-,18-,19-/m1/s1. The van der Waals surface area contributed by atoms with Crippen LogP contribution in [0.15, 0.2) is 47.0 Å². The number of fused-ring (bicyclic) bond motifs is 2. The maximum absolute atomic E-state index is 9.87. The highest BCUT2D eigenvalue weighted by Crippen LogP contribution is 2.33. The Hall–Kier alpha value is -2.98. The molecule has 5 heterocycles. The van der Waals surface area contributed by atoms with Gasteiger partial charge in [0.1, 0.15) is 29.7 Å². The third kappa shape index (κ3) is 3.26. The highest BCUT2D eigenvalue weighted by Gasteiger charge is 2.48. The van der Waals surface area contributed by atoms with Gasteiger partial charge in [0.05, 0.1) is 23.8 Å². The van der Waals surface area contributed by atoms with Gasteiger partial charge in [0, 0.05) is 11.6 Å². The molecule has 3 aromatic heterocycles. The molecule has 2 saturated heterocycles. The van der Waals surface area contributed by atoms with Crippen LogP contribution in [0.2, 0.25) is 5.02 Å². The average Bonchev–Trinajstić information content (AvgIpc) is 3.55. The van der Waals surface area contributed by atoms with Crippen molar-refractivity contribution in [1.82, 2.24) is 20.1 Å². The van der Waals surface area contributed by atoms with Crippen molar-refractivity contribution in [3.05, 3.63) is 47.5 Å². The van der Waals surface area contributed by atoms with Crippen molar-refractivity contribution < 1.29 is 23.8 Å². The number of halogens is 1. The van der Waals surface area contributed by atoms with E-state index in [0.717, 1.165) is 5.56 Å². The minimum atomic E-state index is -0.639. The minimum Gasteiger partial charge on any atom is -0.456 e. The second-order valence-electron chi connectivity index (χ2n) is 7.49. The van der Waals surface area contributed by atoms with Crippen LogP contribution in [0.25, 0.3) is 33.9 Å². The normalized spacial score (nSPS) is 25.2. The van der Waals surface area contributed by atoms with Crippen LogP contribution >= 0.6 is 11.6 Å². The number of nitrogens with zero attached hydrogens (tertiary/aromatic N) is 3. The fourth-order valence-corrected chi connectivity index (χ4v) is 4.19. The molecule has 0 unspecified atom stereocenters. The number of rotatable bonds is 4. The summed E-state index contributed by atoms with van der Waals surface area (Å²) < 4.78 is 22.6. The van der Waals surface area contributed by atoms with Crippen LogP contribution < -0.4 is 4.74 Å². The van der Waals surface area contributed by atoms with Gasteiger partial charge in [-0.25, -0.2) is 4.98 Å². The number of aromatic nitrogens is 4. The lowest BCUT2D eigenvalue weighted by Crippen LogP contribution is -2.34. The highest BCUT2D eigenvalue weighted by atomic mass is 35.5. The molecule has 2 aliphatic rings. The molecule has 4 atom stereocenters. The van der Waals surface area contributed by atoms with Crippen molar-refractivity contribution in [2.75, 3.05) is 13.2 Å². The molecule has 0 bridgehead atoms. The molecule has 0 aliphatic carbocycles. The van der Waals surface area contributed by atoms with Crippen molar-refractivity contribution in [2.24, 2.45) is 0 Å². The van der Waals surface area contributed by atoms with Gasteiger partial charge in [0.15, 0.2) is 17.5 Å². The van der Waals surface area contributed by atoms with Crippen LogP contribution in [0.5, 0.6) is 6.01 Å². The first kappa shape index (κ1) is 18.8. The second-order valence-corrected chi connectivity index (χ2v) is 7.90. The minimum absolute atomic E-state index is 0.234. The average molecular weight is 441 g/mol. The molecule has 0 radical (unpaired) electrons. The zero-order valence-electron chi connectivity index (χ0n) is 16.1. The third-order valence-electron chi connectivity index (χ3n) is 5.46. The van der Waals surface area contributed by atoms with E-state index in [0.29, 0.717) is 39.9 Å². The Morgan fingerprint density at radius 1 is 1.06 bits per heavy atom. The molecule has 9 nitrogen and oxygen atoms in total. The second kappa shape index (κ2) is 7.31. The maximum Gasteiger partial charge on any atom is 0.296 e. The van der Waals surface area contributed by atoms with Crippen LogP contribution in [-0.2, 0) is 9.47 Å². The molecule has 10 heteroatoms. The van der Waals surface area contributed by atoms with E-state index < -0.39 is 6.10 Å². The summed E-state index contributed by atoms with van der Waals surface area (Å²) in [5.41, 5.74) is 3.10. The number of aromatic amines is 1. The quantitative estimate of drug-likeness (QED) is 0.497. The van der Waals surface area contributed by atoms with Gasteiger partial charge in [-0.15, -0.1) is 0 Å². The number of hydrogen-bond acceptors (Lipinski definition) is 8. The first-order valence-electron chi connectivity index (χ1n) is 9.82. The topological polar surface area (TPSA) is 116 Å². The van der Waals surface area contributed by atoms with Crippen molar-refractivity contribution in [2.45, 2.75) is 24.4 Å². The van der Waals surface area contributed by atoms with Gasteiger partial charge in [0.2, 0.25) is 0 Å². The van der Waals surface area contributed by atoms with Gasteiger partial charge < -0.3 is 28.8 Å². The summed E-state index contributed by atoms with van der Waals surface area (Å²) in [6.07, 6.45) is -1.72. The number of H-pyrrole nitrogens is 1. The first-order chi connectivity index (χ1) is 15.2. The number of ether oxygens (including phenoxy) is 3. The van der Waals surface area contributed by atoms with E-state index in [1.807, 2.05) is 30.3 Å². The van der Waals surface area contributed by atoms with Gasteiger partial charge in [-0.1, -0.05) is 47.1 Å². The van der Waals surface area contributed by atoms with Gasteiger partial charge in [0.25, 0.3) is 6.01 Å². The monoisotopic (exact) mass is 440 g/mol. The van der Waals surface area contributed by atoms with Crippen LogP contribution in [-0.4, -0.2) is 62.8 Å². The Balaban J connectivity index is 1.28. The van der Waals surface area contributed by atoms with Crippen LogP contribution in [0.4, 0.5) is 0 Å². The van der Waals surface area contributed by atoms with Crippen LogP contribution in [0.3, 0.4) is 0 Å². The van der Waals surface area contributed by atoms with Gasteiger partial charge in [-0.05, 0) is 6.07 Å². The summed E-state index contributed by atoms with van der Waals surface area (Å²) in [5.74, 6) is 0.441. The lowest BCUT2D eigenvalue weighted by atomic mass is 10.1. The van der Waals surface area contributed by atoms with Gasteiger partial charge in [-0.3, -0.25) is 0 Å². The van der Waals surface area contributed by atoms with Gasteiger partial charge in [-0.2, -0.15) is 4.98 Å². The molecule has 1 aromatic carbocycles. The molecule has 0 saturated carbocycles. The van der Waals surface area contributed by atoms with Crippen molar-refractivity contribution in [1.29, 1.82) is 0 Å². The van der Waals surface area contributed by atoms with E-state index in [4.69, 9.17) is 30.3 Å². The fraction of sp³-hybridized carbons (Fsp3) is 0.286. The Kier molecular flexibility index (Phi) is 4.43. The Morgan fingerprint density at radius 3 is 2.77 bits per heavy atom. The third-order valence-corrected chi connectivity index (χ3v) is 5.75. The summed E-state index contributed by atoms with van der Waals surface area (Å²) in [6.45, 7) is 0.543. The molecular formula is C21H17ClN4O5. The number of nitrogens with one attached hydrogen (secondary N) is 1. The van der Waals surface area contributed by atoms with E-state index in [2.05, 4.69) is 20.1 Å². The summed E-state index contributed by atoms with van der Waals surface area (Å²) in [5, 5.41) is 14.4. The van der Waals surface area contributed by atoms with E-state index in [1.165, 1.54) is 0 Å². The maximum atomic E-state index is 9.87. The summed E-state index contributed by atoms with van der Waals surface area (Å²) >= 11 is 6.45.